The van der Waals surface area contributed by atoms with Gasteiger partial charge in [0.25, 0.3) is 5.91 Å². The lowest BCUT2D eigenvalue weighted by Gasteiger charge is -2.09. The molecule has 0 bridgehead atoms. The highest BCUT2D eigenvalue weighted by molar-refractivity contribution is 5.98. The van der Waals surface area contributed by atoms with E-state index in [1.165, 1.54) is 25.7 Å². The van der Waals surface area contributed by atoms with Gasteiger partial charge in [-0.15, -0.1) is 0 Å². The molecule has 0 fully saturated rings. The molecule has 0 atom stereocenters. The number of benzene rings is 1. The van der Waals surface area contributed by atoms with Crippen LogP contribution in [0.3, 0.4) is 0 Å². The summed E-state index contributed by atoms with van der Waals surface area (Å²) in [5, 5.41) is 2.85. The molecule has 2 rings (SSSR count). The van der Waals surface area contributed by atoms with Gasteiger partial charge in [-0.25, -0.2) is 4.98 Å². The van der Waals surface area contributed by atoms with E-state index in [1.807, 2.05) is 24.3 Å². The van der Waals surface area contributed by atoms with Crippen LogP contribution in [0.25, 0.3) is 0 Å². The van der Waals surface area contributed by atoms with Gasteiger partial charge in [0, 0.05) is 12.7 Å². The van der Waals surface area contributed by atoms with Crippen molar-refractivity contribution in [1.29, 1.82) is 0 Å². The summed E-state index contributed by atoms with van der Waals surface area (Å²) in [4.78, 5) is 16.0. The molecule has 0 saturated carbocycles. The van der Waals surface area contributed by atoms with Crippen molar-refractivity contribution in [2.75, 3.05) is 12.3 Å². The van der Waals surface area contributed by atoms with E-state index in [-0.39, 0.29) is 11.7 Å². The molecule has 5 nitrogen and oxygen atoms in total. The van der Waals surface area contributed by atoms with Crippen LogP contribution in [0.2, 0.25) is 0 Å². The minimum absolute atomic E-state index is 0.224. The summed E-state index contributed by atoms with van der Waals surface area (Å²) in [5.41, 5.74) is 7.11. The van der Waals surface area contributed by atoms with Gasteiger partial charge in [-0.05, 0) is 36.2 Å². The minimum atomic E-state index is -0.224. The summed E-state index contributed by atoms with van der Waals surface area (Å²) in [6, 6.07) is 11.1. The SMILES string of the molecule is CCCCCCCOc1ccc(CNC(=O)c2cccnc2N)cc1. The third-order valence-corrected chi connectivity index (χ3v) is 3.98. The summed E-state index contributed by atoms with van der Waals surface area (Å²) in [5.74, 6) is 0.878. The molecule has 0 aliphatic carbocycles. The molecule has 0 aliphatic rings. The van der Waals surface area contributed by atoms with Crippen molar-refractivity contribution in [3.05, 3.63) is 53.7 Å². The smallest absolute Gasteiger partial charge is 0.255 e. The first-order valence-electron chi connectivity index (χ1n) is 8.91. The molecule has 5 heteroatoms. The molecule has 3 N–H and O–H groups in total. The average molecular weight is 341 g/mol. The molecule has 1 amide bonds. The predicted octanol–water partition coefficient (Wildman–Crippen LogP) is 3.94. The standard InChI is InChI=1S/C20H27N3O2/c1-2-3-4-5-6-14-25-17-11-9-16(10-12-17)15-23-20(24)18-8-7-13-22-19(18)21/h7-13H,2-6,14-15H2,1H3,(H2,21,22)(H,23,24). The Morgan fingerprint density at radius 3 is 2.60 bits per heavy atom. The molecule has 134 valence electrons. The van der Waals surface area contributed by atoms with Gasteiger partial charge in [0.1, 0.15) is 11.6 Å². The first kappa shape index (κ1) is 18.8. The minimum Gasteiger partial charge on any atom is -0.494 e. The van der Waals surface area contributed by atoms with E-state index in [4.69, 9.17) is 10.5 Å². The number of carbonyl (C=O) groups is 1. The monoisotopic (exact) mass is 341 g/mol. The zero-order chi connectivity index (χ0) is 17.9. The number of anilines is 1. The van der Waals surface area contributed by atoms with Crippen LogP contribution in [-0.4, -0.2) is 17.5 Å². The van der Waals surface area contributed by atoms with Gasteiger partial charge in [-0.3, -0.25) is 4.79 Å². The van der Waals surface area contributed by atoms with Crippen LogP contribution in [0.15, 0.2) is 42.6 Å². The summed E-state index contributed by atoms with van der Waals surface area (Å²) in [6.07, 6.45) is 7.70. The molecule has 0 saturated heterocycles. The average Bonchev–Trinajstić information content (AvgIpc) is 2.64. The molecule has 0 unspecified atom stereocenters. The molecular weight excluding hydrogens is 314 g/mol. The van der Waals surface area contributed by atoms with Gasteiger partial charge in [-0.1, -0.05) is 44.7 Å². The molecule has 0 radical (unpaired) electrons. The third-order valence-electron chi connectivity index (χ3n) is 3.98. The van der Waals surface area contributed by atoms with Crippen molar-refractivity contribution in [2.24, 2.45) is 0 Å². The highest BCUT2D eigenvalue weighted by Crippen LogP contribution is 2.14. The molecule has 0 spiro atoms. The summed E-state index contributed by atoms with van der Waals surface area (Å²) < 4.78 is 5.74. The van der Waals surface area contributed by atoms with E-state index in [9.17, 15) is 4.79 Å². The molecule has 1 aromatic carbocycles. The number of unbranched alkanes of at least 4 members (excludes halogenated alkanes) is 4. The Bertz CT molecular complexity index is 656. The van der Waals surface area contributed by atoms with Gasteiger partial charge in [0.15, 0.2) is 0 Å². The molecule has 1 aromatic heterocycles. The number of amides is 1. The molecular formula is C20H27N3O2. The lowest BCUT2D eigenvalue weighted by Crippen LogP contribution is -2.24. The van der Waals surface area contributed by atoms with E-state index in [0.717, 1.165) is 24.3 Å². The van der Waals surface area contributed by atoms with Crippen LogP contribution in [0.1, 0.15) is 54.9 Å². The van der Waals surface area contributed by atoms with E-state index in [0.29, 0.717) is 12.1 Å². The van der Waals surface area contributed by atoms with Crippen LogP contribution in [0.5, 0.6) is 5.75 Å². The number of nitrogens with zero attached hydrogens (tertiary/aromatic N) is 1. The maximum atomic E-state index is 12.1. The maximum Gasteiger partial charge on any atom is 0.255 e. The normalized spacial score (nSPS) is 10.4. The number of hydrogen-bond acceptors (Lipinski definition) is 4. The fraction of sp³-hybridized carbons (Fsp3) is 0.400. The zero-order valence-electron chi connectivity index (χ0n) is 14.8. The summed E-state index contributed by atoms with van der Waals surface area (Å²) >= 11 is 0. The Morgan fingerprint density at radius 2 is 1.88 bits per heavy atom. The molecule has 2 aromatic rings. The number of rotatable bonds is 10. The van der Waals surface area contributed by atoms with Crippen LogP contribution >= 0.6 is 0 Å². The Hall–Kier alpha value is -2.56. The second-order valence-corrected chi connectivity index (χ2v) is 6.03. The van der Waals surface area contributed by atoms with Crippen molar-refractivity contribution in [2.45, 2.75) is 45.6 Å². The third kappa shape index (κ3) is 6.45. The van der Waals surface area contributed by atoms with Crippen molar-refractivity contribution in [1.82, 2.24) is 10.3 Å². The van der Waals surface area contributed by atoms with E-state index >= 15 is 0 Å². The number of carbonyl (C=O) groups excluding carboxylic acids is 1. The summed E-state index contributed by atoms with van der Waals surface area (Å²) in [6.45, 7) is 3.40. The Kier molecular flexibility index (Phi) is 7.76. The van der Waals surface area contributed by atoms with Crippen LogP contribution < -0.4 is 15.8 Å². The van der Waals surface area contributed by atoms with Gasteiger partial charge in [-0.2, -0.15) is 0 Å². The number of nitrogens with one attached hydrogen (secondary N) is 1. The van der Waals surface area contributed by atoms with Gasteiger partial charge < -0.3 is 15.8 Å². The largest absolute Gasteiger partial charge is 0.494 e. The van der Waals surface area contributed by atoms with Crippen LogP contribution in [0.4, 0.5) is 5.82 Å². The van der Waals surface area contributed by atoms with E-state index < -0.39 is 0 Å². The van der Waals surface area contributed by atoms with Crippen molar-refractivity contribution in [3.63, 3.8) is 0 Å². The highest BCUT2D eigenvalue weighted by atomic mass is 16.5. The van der Waals surface area contributed by atoms with Crippen LogP contribution in [-0.2, 0) is 6.54 Å². The quantitative estimate of drug-likeness (QED) is 0.642. The van der Waals surface area contributed by atoms with Crippen molar-refractivity contribution in [3.8, 4) is 5.75 Å². The number of ether oxygens (including phenoxy) is 1. The lowest BCUT2D eigenvalue weighted by atomic mass is 10.2. The Labute approximate surface area is 149 Å². The molecule has 1 heterocycles. The zero-order valence-corrected chi connectivity index (χ0v) is 14.8. The topological polar surface area (TPSA) is 77.2 Å². The van der Waals surface area contributed by atoms with Gasteiger partial charge >= 0.3 is 0 Å². The van der Waals surface area contributed by atoms with E-state index in [1.54, 1.807) is 18.3 Å². The molecule has 0 aliphatic heterocycles. The predicted molar refractivity (Wildman–Crippen MR) is 101 cm³/mol. The van der Waals surface area contributed by atoms with Gasteiger partial charge in [0.2, 0.25) is 0 Å². The van der Waals surface area contributed by atoms with E-state index in [2.05, 4.69) is 17.2 Å². The van der Waals surface area contributed by atoms with Crippen molar-refractivity contribution < 1.29 is 9.53 Å². The fourth-order valence-corrected chi connectivity index (χ4v) is 2.49. The number of hydrogen-bond donors (Lipinski definition) is 2. The second kappa shape index (κ2) is 10.3. The molecule has 25 heavy (non-hydrogen) atoms. The van der Waals surface area contributed by atoms with Crippen LogP contribution in [0, 0.1) is 0 Å². The highest BCUT2D eigenvalue weighted by Gasteiger charge is 2.09. The number of nitrogen functional groups attached to an aromatic ring is 1. The number of aromatic nitrogens is 1. The van der Waals surface area contributed by atoms with Crippen molar-refractivity contribution >= 4 is 11.7 Å². The maximum absolute atomic E-state index is 12.1. The lowest BCUT2D eigenvalue weighted by molar-refractivity contribution is 0.0951. The van der Waals surface area contributed by atoms with Gasteiger partial charge in [0.05, 0.1) is 12.2 Å². The fourth-order valence-electron chi connectivity index (χ4n) is 2.49. The number of nitrogens with two attached hydrogens (primary N) is 1. The first-order chi connectivity index (χ1) is 12.2. The first-order valence-corrected chi connectivity index (χ1v) is 8.91. The Morgan fingerprint density at radius 1 is 1.12 bits per heavy atom. The Balaban J connectivity index is 1.73. The number of pyridine rings is 1. The summed E-state index contributed by atoms with van der Waals surface area (Å²) in [7, 11) is 0. The second-order valence-electron chi connectivity index (χ2n) is 6.03.